The van der Waals surface area contributed by atoms with E-state index in [1.165, 1.54) is 18.2 Å². The van der Waals surface area contributed by atoms with E-state index in [0.29, 0.717) is 37.8 Å². The van der Waals surface area contributed by atoms with Gasteiger partial charge in [0.25, 0.3) is 0 Å². The van der Waals surface area contributed by atoms with Crippen molar-refractivity contribution in [3.05, 3.63) is 118 Å². The lowest BCUT2D eigenvalue weighted by Gasteiger charge is -2.20. The first-order chi connectivity index (χ1) is 15.6. The van der Waals surface area contributed by atoms with Crippen LogP contribution in [0.2, 0.25) is 10.0 Å². The lowest BCUT2D eigenvalue weighted by Crippen LogP contribution is -2.32. The summed E-state index contributed by atoms with van der Waals surface area (Å²) in [6.07, 6.45) is 0. The number of nitrogens with zero attached hydrogens (tertiary/aromatic N) is 1. The van der Waals surface area contributed by atoms with Gasteiger partial charge in [-0.25, -0.2) is 4.39 Å². The Hall–Kier alpha value is -3.40. The van der Waals surface area contributed by atoms with Crippen molar-refractivity contribution < 1.29 is 9.12 Å². The number of fused-ring (bicyclic) bond motifs is 1. The summed E-state index contributed by atoms with van der Waals surface area (Å²) in [6.45, 7) is 0. The van der Waals surface area contributed by atoms with Gasteiger partial charge < -0.3 is 5.21 Å². The standard InChI is InChI=1S/C27H16Cl2FNO/c28-21-12-7-13-22(29)26(21)27-25(18-10-5-2-6-11-18)24(17-8-3-1-4-9-17)20-16-19(30)14-15-23(20)31(27)32/h1-16H. The molecule has 1 aromatic heterocycles. The Bertz CT molecular complexity index is 1430. The van der Waals surface area contributed by atoms with Crippen molar-refractivity contribution >= 4 is 34.1 Å². The molecule has 156 valence electrons. The molecule has 0 saturated heterocycles. The van der Waals surface area contributed by atoms with Crippen LogP contribution in [0.25, 0.3) is 44.4 Å². The Balaban J connectivity index is 2.07. The lowest BCUT2D eigenvalue weighted by molar-refractivity contribution is -0.564. The topological polar surface area (TPSA) is 26.9 Å². The highest BCUT2D eigenvalue weighted by molar-refractivity contribution is 6.39. The summed E-state index contributed by atoms with van der Waals surface area (Å²) in [5.41, 5.74) is 4.12. The zero-order chi connectivity index (χ0) is 22.2. The average Bonchev–Trinajstić information content (AvgIpc) is 2.81. The Labute approximate surface area is 194 Å². The summed E-state index contributed by atoms with van der Waals surface area (Å²) in [4.78, 5) is 0. The van der Waals surface area contributed by atoms with Crippen molar-refractivity contribution in [1.82, 2.24) is 0 Å². The smallest absolute Gasteiger partial charge is 0.235 e. The fourth-order valence-corrected chi connectivity index (χ4v) is 4.68. The van der Waals surface area contributed by atoms with E-state index in [-0.39, 0.29) is 0 Å². The maximum absolute atomic E-state index is 14.4. The Morgan fingerprint density at radius 3 is 1.78 bits per heavy atom. The molecule has 0 radical (unpaired) electrons. The van der Waals surface area contributed by atoms with E-state index >= 15 is 0 Å². The first-order valence-corrected chi connectivity index (χ1v) is 10.8. The van der Waals surface area contributed by atoms with Gasteiger partial charge >= 0.3 is 0 Å². The van der Waals surface area contributed by atoms with Crippen LogP contribution in [0.4, 0.5) is 4.39 Å². The molecule has 5 aromatic rings. The molecule has 0 unspecified atom stereocenters. The van der Waals surface area contributed by atoms with Gasteiger partial charge in [-0.3, -0.25) is 0 Å². The van der Waals surface area contributed by atoms with Gasteiger partial charge in [0.2, 0.25) is 11.2 Å². The maximum Gasteiger partial charge on any atom is 0.235 e. The molecule has 0 N–H and O–H groups in total. The van der Waals surface area contributed by atoms with Gasteiger partial charge in [-0.2, -0.15) is 4.73 Å². The average molecular weight is 460 g/mol. The molecule has 4 aromatic carbocycles. The van der Waals surface area contributed by atoms with E-state index in [2.05, 4.69) is 0 Å². The molecule has 1 heterocycles. The van der Waals surface area contributed by atoms with Crippen LogP contribution >= 0.6 is 23.2 Å². The quantitative estimate of drug-likeness (QED) is 0.198. The lowest BCUT2D eigenvalue weighted by atomic mass is 9.88. The number of rotatable bonds is 3. The SMILES string of the molecule is [O-][n+]1c(-c2c(Cl)cccc2Cl)c(-c2ccccc2)c(-c2ccccc2)c2cc(F)ccc21. The van der Waals surface area contributed by atoms with Crippen molar-refractivity contribution in [3.63, 3.8) is 0 Å². The normalized spacial score (nSPS) is 11.1. The Kier molecular flexibility index (Phi) is 5.30. The molecule has 5 heteroatoms. The van der Waals surface area contributed by atoms with Gasteiger partial charge in [0.15, 0.2) is 0 Å². The van der Waals surface area contributed by atoms with Crippen molar-refractivity contribution in [1.29, 1.82) is 0 Å². The van der Waals surface area contributed by atoms with Crippen LogP contribution in [-0.2, 0) is 0 Å². The first kappa shape index (κ1) is 20.5. The number of pyridine rings is 1. The first-order valence-electron chi connectivity index (χ1n) is 10.0. The third kappa shape index (κ3) is 3.40. The third-order valence-corrected chi connectivity index (χ3v) is 6.09. The maximum atomic E-state index is 14.4. The van der Waals surface area contributed by atoms with Crippen molar-refractivity contribution in [3.8, 4) is 33.5 Å². The van der Waals surface area contributed by atoms with E-state index in [9.17, 15) is 9.60 Å². The molecule has 0 saturated carbocycles. The molecule has 32 heavy (non-hydrogen) atoms. The zero-order valence-electron chi connectivity index (χ0n) is 16.7. The number of benzene rings is 4. The van der Waals surface area contributed by atoms with Crippen molar-refractivity contribution in [2.75, 3.05) is 0 Å². The predicted molar refractivity (Wildman–Crippen MR) is 129 cm³/mol. The van der Waals surface area contributed by atoms with Gasteiger partial charge in [-0.05, 0) is 35.4 Å². The molecule has 0 aliphatic carbocycles. The largest absolute Gasteiger partial charge is 0.618 e. The van der Waals surface area contributed by atoms with Gasteiger partial charge in [-0.15, -0.1) is 0 Å². The molecular weight excluding hydrogens is 444 g/mol. The minimum atomic E-state index is -0.419. The highest BCUT2D eigenvalue weighted by Gasteiger charge is 2.29. The fourth-order valence-electron chi connectivity index (χ4n) is 4.10. The summed E-state index contributed by atoms with van der Waals surface area (Å²) in [5, 5.41) is 15.0. The Morgan fingerprint density at radius 2 is 1.19 bits per heavy atom. The molecule has 0 aliphatic heterocycles. The minimum absolute atomic E-state index is 0.324. The van der Waals surface area contributed by atoms with E-state index in [1.807, 2.05) is 60.7 Å². The van der Waals surface area contributed by atoms with Gasteiger partial charge in [0.05, 0.1) is 26.6 Å². The number of hydrogen-bond donors (Lipinski definition) is 0. The fraction of sp³-hybridized carbons (Fsp3) is 0. The number of aromatic nitrogens is 1. The van der Waals surface area contributed by atoms with Crippen molar-refractivity contribution in [2.45, 2.75) is 0 Å². The predicted octanol–water partition coefficient (Wildman–Crippen LogP) is 7.92. The zero-order valence-corrected chi connectivity index (χ0v) is 18.2. The van der Waals surface area contributed by atoms with E-state index < -0.39 is 5.82 Å². The molecule has 0 fully saturated rings. The molecule has 0 spiro atoms. The highest BCUT2D eigenvalue weighted by Crippen LogP contribution is 2.45. The van der Waals surface area contributed by atoms with Crippen LogP contribution < -0.4 is 4.73 Å². The van der Waals surface area contributed by atoms with Crippen molar-refractivity contribution in [2.24, 2.45) is 0 Å². The summed E-state index contributed by atoms with van der Waals surface area (Å²) in [5.74, 6) is -0.419. The second-order valence-corrected chi connectivity index (χ2v) is 8.20. The van der Waals surface area contributed by atoms with E-state index in [4.69, 9.17) is 23.2 Å². The second-order valence-electron chi connectivity index (χ2n) is 7.38. The summed E-state index contributed by atoms with van der Waals surface area (Å²) in [6, 6.07) is 28.5. The summed E-state index contributed by atoms with van der Waals surface area (Å²) in [7, 11) is 0. The van der Waals surface area contributed by atoms with Crippen LogP contribution in [0.5, 0.6) is 0 Å². The summed E-state index contributed by atoms with van der Waals surface area (Å²) < 4.78 is 15.2. The second kappa shape index (κ2) is 8.27. The molecule has 5 rings (SSSR count). The molecule has 0 atom stereocenters. The van der Waals surface area contributed by atoms with Gasteiger partial charge in [-0.1, -0.05) is 89.9 Å². The molecule has 2 nitrogen and oxygen atoms in total. The number of halogens is 3. The monoisotopic (exact) mass is 459 g/mol. The van der Waals surface area contributed by atoms with Crippen LogP contribution in [0.3, 0.4) is 0 Å². The van der Waals surface area contributed by atoms with Crippen LogP contribution in [0.15, 0.2) is 97.1 Å². The third-order valence-electron chi connectivity index (χ3n) is 5.46. The summed E-state index contributed by atoms with van der Waals surface area (Å²) >= 11 is 13.1. The van der Waals surface area contributed by atoms with Crippen LogP contribution in [0.1, 0.15) is 0 Å². The van der Waals surface area contributed by atoms with E-state index in [1.54, 1.807) is 18.2 Å². The molecule has 0 aliphatic rings. The number of hydrogen-bond acceptors (Lipinski definition) is 1. The van der Waals surface area contributed by atoms with Gasteiger partial charge in [0, 0.05) is 11.6 Å². The Morgan fingerprint density at radius 1 is 0.625 bits per heavy atom. The van der Waals surface area contributed by atoms with Crippen LogP contribution in [0, 0.1) is 11.0 Å². The van der Waals surface area contributed by atoms with Gasteiger partial charge in [0.1, 0.15) is 5.82 Å². The van der Waals surface area contributed by atoms with E-state index in [0.717, 1.165) is 21.4 Å². The minimum Gasteiger partial charge on any atom is -0.618 e. The molecular formula is C27H16Cl2FNO. The van der Waals surface area contributed by atoms with Crippen LogP contribution in [-0.4, -0.2) is 0 Å². The molecule has 0 amide bonds. The highest BCUT2D eigenvalue weighted by atomic mass is 35.5. The molecule has 0 bridgehead atoms.